The van der Waals surface area contributed by atoms with Gasteiger partial charge < -0.3 is 10.2 Å². The molecule has 2 aliphatic rings. The highest BCUT2D eigenvalue weighted by atomic mass is 16.3. The van der Waals surface area contributed by atoms with Crippen LogP contribution in [0, 0.1) is 11.3 Å². The maximum Gasteiger partial charge on any atom is 0.167 e. The Bertz CT molecular complexity index is 721. The number of carbonyl (C=O) groups is 2. The van der Waals surface area contributed by atoms with Crippen LogP contribution in [0.25, 0.3) is 0 Å². The summed E-state index contributed by atoms with van der Waals surface area (Å²) in [5.74, 6) is -0.104. The molecule has 0 radical (unpaired) electrons. The van der Waals surface area contributed by atoms with Crippen LogP contribution in [0.4, 0.5) is 0 Å². The summed E-state index contributed by atoms with van der Waals surface area (Å²) in [5.41, 5.74) is 0.752. The van der Waals surface area contributed by atoms with Crippen LogP contribution in [0.2, 0.25) is 0 Å². The summed E-state index contributed by atoms with van der Waals surface area (Å²) < 4.78 is 0. The van der Waals surface area contributed by atoms with E-state index in [1.807, 2.05) is 26.0 Å². The Labute approximate surface area is 142 Å². The number of rotatable bonds is 2. The van der Waals surface area contributed by atoms with Crippen molar-refractivity contribution in [3.63, 3.8) is 0 Å². The second-order valence-corrected chi connectivity index (χ2v) is 8.18. The largest absolute Gasteiger partial charge is 0.507 e. The number of ketones is 2. The zero-order valence-corrected chi connectivity index (χ0v) is 14.8. The van der Waals surface area contributed by atoms with Crippen molar-refractivity contribution in [2.45, 2.75) is 58.3 Å². The molecule has 1 saturated carbocycles. The quantitative estimate of drug-likeness (QED) is 0.872. The molecule has 0 bridgehead atoms. The van der Waals surface area contributed by atoms with Gasteiger partial charge in [0.25, 0.3) is 0 Å². The van der Waals surface area contributed by atoms with E-state index < -0.39 is 5.41 Å². The van der Waals surface area contributed by atoms with Crippen molar-refractivity contribution in [3.8, 4) is 5.75 Å². The Kier molecular flexibility index (Phi) is 3.87. The third-order valence-corrected chi connectivity index (χ3v) is 6.49. The van der Waals surface area contributed by atoms with Crippen LogP contribution in [-0.2, 0) is 10.2 Å². The number of phenolic OH excluding ortho intramolecular Hbond substituents is 1. The van der Waals surface area contributed by atoms with Gasteiger partial charge in [0.1, 0.15) is 11.5 Å². The number of Topliss-reactive ketones (excluding diaryl/α,β-unsaturated/α-hetero) is 2. The normalized spacial score (nSPS) is 32.7. The van der Waals surface area contributed by atoms with Crippen molar-refractivity contribution in [1.82, 2.24) is 0 Å². The molecule has 3 rings (SSSR count). The average Bonchev–Trinajstić information content (AvgIpc) is 2.53. The predicted octanol–water partition coefficient (Wildman–Crippen LogP) is 3.34. The second kappa shape index (κ2) is 5.41. The van der Waals surface area contributed by atoms with E-state index in [0.717, 1.165) is 11.1 Å². The van der Waals surface area contributed by atoms with Gasteiger partial charge in [-0.3, -0.25) is 9.59 Å². The Morgan fingerprint density at radius 1 is 1.25 bits per heavy atom. The predicted molar refractivity (Wildman–Crippen MR) is 91.4 cm³/mol. The molecule has 0 heterocycles. The van der Waals surface area contributed by atoms with E-state index in [4.69, 9.17) is 0 Å². The lowest BCUT2D eigenvalue weighted by atomic mass is 9.49. The summed E-state index contributed by atoms with van der Waals surface area (Å²) in [6.45, 7) is 7.57. The van der Waals surface area contributed by atoms with Crippen LogP contribution in [-0.4, -0.2) is 28.4 Å². The first-order valence-corrected chi connectivity index (χ1v) is 8.70. The molecule has 0 unspecified atom stereocenters. The van der Waals surface area contributed by atoms with E-state index in [9.17, 15) is 19.8 Å². The molecule has 0 aromatic heterocycles. The first kappa shape index (κ1) is 17.2. The maximum absolute atomic E-state index is 12.8. The zero-order valence-electron chi connectivity index (χ0n) is 14.8. The molecule has 2 aliphatic carbocycles. The van der Waals surface area contributed by atoms with Crippen LogP contribution < -0.4 is 0 Å². The van der Waals surface area contributed by atoms with E-state index in [1.165, 1.54) is 0 Å². The Hall–Kier alpha value is -1.68. The van der Waals surface area contributed by atoms with Crippen molar-refractivity contribution >= 4 is 11.6 Å². The minimum absolute atomic E-state index is 0.0340. The number of fused-ring (bicyclic) bond motifs is 3. The highest BCUT2D eigenvalue weighted by molar-refractivity contribution is 6.03. The Morgan fingerprint density at radius 2 is 1.92 bits per heavy atom. The monoisotopic (exact) mass is 330 g/mol. The van der Waals surface area contributed by atoms with E-state index in [0.29, 0.717) is 18.4 Å². The van der Waals surface area contributed by atoms with Crippen LogP contribution in [0.5, 0.6) is 5.75 Å². The van der Waals surface area contributed by atoms with Gasteiger partial charge in [0.05, 0.1) is 17.6 Å². The van der Waals surface area contributed by atoms with Crippen molar-refractivity contribution < 1.29 is 19.8 Å². The van der Waals surface area contributed by atoms with Gasteiger partial charge in [0, 0.05) is 12.8 Å². The summed E-state index contributed by atoms with van der Waals surface area (Å²) in [6, 6.07) is 3.84. The molecule has 0 amide bonds. The van der Waals surface area contributed by atoms with Crippen molar-refractivity contribution in [1.29, 1.82) is 0 Å². The van der Waals surface area contributed by atoms with Crippen molar-refractivity contribution in [2.24, 2.45) is 11.3 Å². The van der Waals surface area contributed by atoms with E-state index >= 15 is 0 Å². The lowest BCUT2D eigenvalue weighted by molar-refractivity contribution is -0.141. The van der Waals surface area contributed by atoms with Gasteiger partial charge in [0.2, 0.25) is 0 Å². The van der Waals surface area contributed by atoms with E-state index in [-0.39, 0.29) is 47.6 Å². The van der Waals surface area contributed by atoms with Gasteiger partial charge in [-0.05, 0) is 34.8 Å². The standard InChI is InChI=1S/C20H26O4/c1-11(2)12-5-6-13-17(18(12)24)14(22)9-15-19(13,3)8-7-16(23)20(15,4)10-21/h5-6,11,15,21,24H,7-10H2,1-4H3/t15-,19-,20-/m1/s1. The minimum Gasteiger partial charge on any atom is -0.507 e. The summed E-state index contributed by atoms with van der Waals surface area (Å²) in [5, 5.41) is 20.6. The molecule has 1 aromatic carbocycles. The SMILES string of the molecule is CC(C)c1ccc2c(c1O)C(=O)C[C@H]1[C@@](C)(CO)C(=O)CC[C@]21C. The highest BCUT2D eigenvalue weighted by Gasteiger charge is 2.57. The first-order chi connectivity index (χ1) is 11.2. The van der Waals surface area contributed by atoms with Crippen molar-refractivity contribution in [3.05, 3.63) is 28.8 Å². The fourth-order valence-electron chi connectivity index (χ4n) is 4.82. The summed E-state index contributed by atoms with van der Waals surface area (Å²) in [7, 11) is 0. The van der Waals surface area contributed by atoms with E-state index in [1.54, 1.807) is 6.92 Å². The molecule has 130 valence electrons. The summed E-state index contributed by atoms with van der Waals surface area (Å²) in [6.07, 6.45) is 1.23. The molecule has 1 aromatic rings. The Morgan fingerprint density at radius 3 is 2.50 bits per heavy atom. The number of carbonyl (C=O) groups excluding carboxylic acids is 2. The topological polar surface area (TPSA) is 74.6 Å². The maximum atomic E-state index is 12.8. The first-order valence-electron chi connectivity index (χ1n) is 8.70. The smallest absolute Gasteiger partial charge is 0.167 e. The van der Waals surface area contributed by atoms with Gasteiger partial charge in [-0.1, -0.05) is 39.8 Å². The molecular formula is C20H26O4. The summed E-state index contributed by atoms with van der Waals surface area (Å²) >= 11 is 0. The highest BCUT2D eigenvalue weighted by Crippen LogP contribution is 2.57. The molecule has 4 nitrogen and oxygen atoms in total. The summed E-state index contributed by atoms with van der Waals surface area (Å²) in [4.78, 5) is 25.3. The van der Waals surface area contributed by atoms with Gasteiger partial charge in [-0.15, -0.1) is 0 Å². The zero-order chi connectivity index (χ0) is 17.9. The number of hydrogen-bond acceptors (Lipinski definition) is 4. The number of aromatic hydroxyl groups is 1. The number of benzene rings is 1. The fourth-order valence-corrected chi connectivity index (χ4v) is 4.82. The van der Waals surface area contributed by atoms with Gasteiger partial charge >= 0.3 is 0 Å². The van der Waals surface area contributed by atoms with Crippen LogP contribution in [0.1, 0.15) is 74.4 Å². The van der Waals surface area contributed by atoms with Crippen molar-refractivity contribution in [2.75, 3.05) is 6.61 Å². The molecule has 4 heteroatoms. The third kappa shape index (κ3) is 2.08. The molecule has 2 N–H and O–H groups in total. The van der Waals surface area contributed by atoms with Crippen LogP contribution >= 0.6 is 0 Å². The lowest BCUT2D eigenvalue weighted by Crippen LogP contribution is -2.56. The molecule has 0 aliphatic heterocycles. The minimum atomic E-state index is -0.896. The molecular weight excluding hydrogens is 304 g/mol. The third-order valence-electron chi connectivity index (χ3n) is 6.49. The Balaban J connectivity index is 2.23. The molecule has 1 fully saturated rings. The molecule has 24 heavy (non-hydrogen) atoms. The van der Waals surface area contributed by atoms with Crippen LogP contribution in [0.3, 0.4) is 0 Å². The second-order valence-electron chi connectivity index (χ2n) is 8.18. The number of aliphatic hydroxyl groups excluding tert-OH is 1. The number of phenols is 1. The van der Waals surface area contributed by atoms with Gasteiger partial charge in [0.15, 0.2) is 5.78 Å². The van der Waals surface area contributed by atoms with Gasteiger partial charge in [-0.2, -0.15) is 0 Å². The van der Waals surface area contributed by atoms with Gasteiger partial charge in [-0.25, -0.2) is 0 Å². The molecule has 0 saturated heterocycles. The average molecular weight is 330 g/mol. The molecule has 3 atom stereocenters. The number of aliphatic hydroxyl groups is 1. The number of hydrogen-bond donors (Lipinski definition) is 2. The fraction of sp³-hybridized carbons (Fsp3) is 0.600. The van der Waals surface area contributed by atoms with Crippen LogP contribution in [0.15, 0.2) is 12.1 Å². The lowest BCUT2D eigenvalue weighted by Gasteiger charge is -2.53. The molecule has 0 spiro atoms. The van der Waals surface area contributed by atoms with E-state index in [2.05, 4.69) is 6.92 Å².